The molecule has 6 heteroatoms. The van der Waals surface area contributed by atoms with E-state index in [9.17, 15) is 9.59 Å². The van der Waals surface area contributed by atoms with E-state index in [1.165, 1.54) is 5.56 Å². The Labute approximate surface area is 117 Å². The number of hydrazine groups is 1. The summed E-state index contributed by atoms with van der Waals surface area (Å²) < 4.78 is 9.35. The van der Waals surface area contributed by atoms with Gasteiger partial charge in [0.1, 0.15) is 6.61 Å². The van der Waals surface area contributed by atoms with Gasteiger partial charge in [-0.15, -0.1) is 0 Å². The van der Waals surface area contributed by atoms with Gasteiger partial charge in [-0.2, -0.15) is 0 Å². The summed E-state index contributed by atoms with van der Waals surface area (Å²) in [5.74, 6) is 0. The van der Waals surface area contributed by atoms with Crippen LogP contribution in [-0.2, 0) is 15.9 Å². The third kappa shape index (κ3) is 7.05. The average Bonchev–Trinajstić information content (AvgIpc) is 2.46. The van der Waals surface area contributed by atoms with Gasteiger partial charge in [-0.05, 0) is 18.9 Å². The number of ether oxygens (including phenoxy) is 2. The summed E-state index contributed by atoms with van der Waals surface area (Å²) in [6.45, 7) is 2.02. The quantitative estimate of drug-likeness (QED) is 0.639. The summed E-state index contributed by atoms with van der Waals surface area (Å²) >= 11 is 0. The molecule has 1 rings (SSSR count). The Morgan fingerprint density at radius 3 is 2.35 bits per heavy atom. The molecule has 1 aromatic carbocycles. The fraction of sp³-hybridized carbons (Fsp3) is 0.286. The number of amides is 2. The molecule has 108 valence electrons. The van der Waals surface area contributed by atoms with E-state index in [4.69, 9.17) is 4.74 Å². The molecule has 0 aliphatic rings. The minimum absolute atomic E-state index is 0.128. The number of benzene rings is 1. The van der Waals surface area contributed by atoms with Gasteiger partial charge >= 0.3 is 12.2 Å². The highest BCUT2D eigenvalue weighted by atomic mass is 16.6. The van der Waals surface area contributed by atoms with Crippen molar-refractivity contribution in [3.8, 4) is 0 Å². The smallest absolute Gasteiger partial charge is 0.426 e. The standard InChI is InChI=1S/C14H18N2O4/c1-2-19-13(17)15-16-14(18)20-11-7-6-10-12-8-4-3-5-9-12/h3-9H,2,10-11H2,1H3,(H,15,17)(H,16,18)/b7-6+. The van der Waals surface area contributed by atoms with Crippen molar-refractivity contribution in [3.63, 3.8) is 0 Å². The third-order valence-corrected chi connectivity index (χ3v) is 2.22. The van der Waals surface area contributed by atoms with Crippen LogP contribution in [0.1, 0.15) is 12.5 Å². The van der Waals surface area contributed by atoms with Crippen molar-refractivity contribution in [2.75, 3.05) is 13.2 Å². The number of carbonyl (C=O) groups excluding carboxylic acids is 2. The maximum absolute atomic E-state index is 11.1. The van der Waals surface area contributed by atoms with Crippen LogP contribution in [-0.4, -0.2) is 25.4 Å². The molecule has 0 aliphatic heterocycles. The first kappa shape index (κ1) is 15.6. The summed E-state index contributed by atoms with van der Waals surface area (Å²) in [6, 6.07) is 9.92. The predicted molar refractivity (Wildman–Crippen MR) is 73.9 cm³/mol. The van der Waals surface area contributed by atoms with Gasteiger partial charge in [-0.3, -0.25) is 0 Å². The van der Waals surface area contributed by atoms with E-state index in [0.717, 1.165) is 6.42 Å². The SMILES string of the molecule is CCOC(=O)NNC(=O)OC/C=C/Cc1ccccc1. The molecule has 0 atom stereocenters. The van der Waals surface area contributed by atoms with Crippen molar-refractivity contribution in [1.29, 1.82) is 0 Å². The summed E-state index contributed by atoms with van der Waals surface area (Å²) in [6.07, 6.45) is 2.93. The second-order valence-electron chi connectivity index (χ2n) is 3.73. The van der Waals surface area contributed by atoms with Crippen LogP contribution in [0, 0.1) is 0 Å². The maximum Gasteiger partial charge on any atom is 0.426 e. The lowest BCUT2D eigenvalue weighted by Crippen LogP contribution is -2.42. The lowest BCUT2D eigenvalue weighted by molar-refractivity contribution is 0.132. The molecule has 1 aromatic rings. The van der Waals surface area contributed by atoms with Crippen LogP contribution in [0.4, 0.5) is 9.59 Å². The number of hydrogen-bond acceptors (Lipinski definition) is 4. The van der Waals surface area contributed by atoms with Crippen molar-refractivity contribution >= 4 is 12.2 Å². The van der Waals surface area contributed by atoms with Gasteiger partial charge in [-0.1, -0.05) is 42.5 Å². The van der Waals surface area contributed by atoms with Crippen LogP contribution in [0.5, 0.6) is 0 Å². The van der Waals surface area contributed by atoms with Crippen LogP contribution < -0.4 is 10.9 Å². The van der Waals surface area contributed by atoms with Gasteiger partial charge in [0.05, 0.1) is 6.61 Å². The molecular weight excluding hydrogens is 260 g/mol. The first-order valence-corrected chi connectivity index (χ1v) is 6.27. The molecule has 0 aromatic heterocycles. The first-order valence-electron chi connectivity index (χ1n) is 6.27. The monoisotopic (exact) mass is 278 g/mol. The Morgan fingerprint density at radius 2 is 1.70 bits per heavy atom. The number of nitrogens with one attached hydrogen (secondary N) is 2. The highest BCUT2D eigenvalue weighted by Gasteiger charge is 2.03. The molecule has 0 aliphatic carbocycles. The van der Waals surface area contributed by atoms with Crippen LogP contribution >= 0.6 is 0 Å². The van der Waals surface area contributed by atoms with Crippen LogP contribution in [0.2, 0.25) is 0 Å². The van der Waals surface area contributed by atoms with Crippen molar-refractivity contribution in [2.24, 2.45) is 0 Å². The zero-order chi connectivity index (χ0) is 14.6. The van der Waals surface area contributed by atoms with Gasteiger partial charge in [0, 0.05) is 0 Å². The van der Waals surface area contributed by atoms with Crippen molar-refractivity contribution in [3.05, 3.63) is 48.0 Å². The lowest BCUT2D eigenvalue weighted by atomic mass is 10.1. The number of carbonyl (C=O) groups is 2. The number of allylic oxidation sites excluding steroid dienone is 1. The van der Waals surface area contributed by atoms with E-state index in [-0.39, 0.29) is 13.2 Å². The average molecular weight is 278 g/mol. The Bertz CT molecular complexity index is 446. The molecule has 0 saturated heterocycles. The largest absolute Gasteiger partial charge is 0.449 e. The second-order valence-corrected chi connectivity index (χ2v) is 3.73. The summed E-state index contributed by atoms with van der Waals surface area (Å²) in [7, 11) is 0. The topological polar surface area (TPSA) is 76.7 Å². The zero-order valence-corrected chi connectivity index (χ0v) is 11.3. The van der Waals surface area contributed by atoms with Crippen LogP contribution in [0.15, 0.2) is 42.5 Å². The Balaban J connectivity index is 2.11. The summed E-state index contributed by atoms with van der Waals surface area (Å²) in [4.78, 5) is 22.0. The van der Waals surface area contributed by atoms with Crippen LogP contribution in [0.3, 0.4) is 0 Å². The molecule has 0 spiro atoms. The molecule has 0 saturated carbocycles. The van der Waals surface area contributed by atoms with E-state index in [1.807, 2.05) is 41.8 Å². The highest BCUT2D eigenvalue weighted by molar-refractivity contribution is 5.73. The lowest BCUT2D eigenvalue weighted by Gasteiger charge is -2.06. The van der Waals surface area contributed by atoms with E-state index in [0.29, 0.717) is 0 Å². The van der Waals surface area contributed by atoms with E-state index >= 15 is 0 Å². The minimum atomic E-state index is -0.748. The van der Waals surface area contributed by atoms with Gasteiger partial charge in [0.25, 0.3) is 0 Å². The maximum atomic E-state index is 11.1. The second kappa shape index (κ2) is 9.43. The van der Waals surface area contributed by atoms with Gasteiger partial charge in [-0.25, -0.2) is 20.4 Å². The van der Waals surface area contributed by atoms with Crippen molar-refractivity contribution in [2.45, 2.75) is 13.3 Å². The van der Waals surface area contributed by atoms with Crippen molar-refractivity contribution < 1.29 is 19.1 Å². The highest BCUT2D eigenvalue weighted by Crippen LogP contribution is 1.99. The summed E-state index contributed by atoms with van der Waals surface area (Å²) in [5.41, 5.74) is 5.27. The first-order chi connectivity index (χ1) is 9.72. The predicted octanol–water partition coefficient (Wildman–Crippen LogP) is 2.17. The van der Waals surface area contributed by atoms with Crippen LogP contribution in [0.25, 0.3) is 0 Å². The third-order valence-electron chi connectivity index (χ3n) is 2.22. The van der Waals surface area contributed by atoms with E-state index < -0.39 is 12.2 Å². The zero-order valence-electron chi connectivity index (χ0n) is 11.3. The molecule has 0 heterocycles. The fourth-order valence-corrected chi connectivity index (χ4v) is 1.33. The summed E-state index contributed by atoms with van der Waals surface area (Å²) in [5, 5.41) is 0. The Kier molecular flexibility index (Phi) is 7.34. The van der Waals surface area contributed by atoms with Gasteiger partial charge in [0.15, 0.2) is 0 Å². The molecule has 6 nitrogen and oxygen atoms in total. The molecule has 0 bridgehead atoms. The number of rotatable bonds is 5. The molecule has 2 N–H and O–H groups in total. The van der Waals surface area contributed by atoms with E-state index in [2.05, 4.69) is 10.2 Å². The van der Waals surface area contributed by atoms with Gasteiger partial charge in [0.2, 0.25) is 0 Å². The fourth-order valence-electron chi connectivity index (χ4n) is 1.33. The molecule has 20 heavy (non-hydrogen) atoms. The van der Waals surface area contributed by atoms with Crippen molar-refractivity contribution in [1.82, 2.24) is 10.9 Å². The molecule has 0 radical (unpaired) electrons. The molecule has 0 unspecified atom stereocenters. The van der Waals surface area contributed by atoms with E-state index in [1.54, 1.807) is 13.0 Å². The Hall–Kier alpha value is -2.50. The molecule has 0 fully saturated rings. The normalized spacial score (nSPS) is 10.1. The van der Waals surface area contributed by atoms with Gasteiger partial charge < -0.3 is 9.47 Å². The molecule has 2 amide bonds. The Morgan fingerprint density at radius 1 is 1.05 bits per heavy atom. The molecular formula is C14H18N2O4. The number of hydrogen-bond donors (Lipinski definition) is 2. The minimum Gasteiger partial charge on any atom is -0.449 e.